The SMILES string of the molecule is CSOOO[C@H]1CC[C@H](N(C)S(C)(=O)=O)CC1. The molecule has 0 aromatic rings. The molecule has 0 aromatic heterocycles. The summed E-state index contributed by atoms with van der Waals surface area (Å²) in [6.07, 6.45) is 6.01. The van der Waals surface area contributed by atoms with Crippen molar-refractivity contribution in [1.29, 1.82) is 0 Å². The first-order valence-corrected chi connectivity index (χ1v) is 8.40. The summed E-state index contributed by atoms with van der Waals surface area (Å²) in [6.45, 7) is 0. The van der Waals surface area contributed by atoms with Crippen molar-refractivity contribution in [2.45, 2.75) is 37.8 Å². The van der Waals surface area contributed by atoms with Gasteiger partial charge < -0.3 is 0 Å². The molecular formula is C9H19NO5S2. The number of sulfonamides is 1. The third-order valence-corrected chi connectivity index (χ3v) is 4.49. The predicted molar refractivity (Wildman–Crippen MR) is 65.4 cm³/mol. The predicted octanol–water partition coefficient (Wildman–Crippen LogP) is 1.35. The van der Waals surface area contributed by atoms with Crippen LogP contribution in [0.5, 0.6) is 0 Å². The van der Waals surface area contributed by atoms with Crippen molar-refractivity contribution in [2.24, 2.45) is 0 Å². The molecule has 1 rings (SSSR count). The molecule has 17 heavy (non-hydrogen) atoms. The third kappa shape index (κ3) is 5.11. The first kappa shape index (κ1) is 15.2. The van der Waals surface area contributed by atoms with Crippen LogP contribution in [-0.4, -0.2) is 44.4 Å². The lowest BCUT2D eigenvalue weighted by Crippen LogP contribution is -2.40. The highest BCUT2D eigenvalue weighted by Crippen LogP contribution is 2.25. The quantitative estimate of drug-likeness (QED) is 0.318. The molecule has 1 aliphatic rings. The summed E-state index contributed by atoms with van der Waals surface area (Å²) >= 11 is 1.06. The Labute approximate surface area is 107 Å². The van der Waals surface area contributed by atoms with E-state index in [1.165, 1.54) is 10.6 Å². The van der Waals surface area contributed by atoms with Gasteiger partial charge >= 0.3 is 0 Å². The first-order chi connectivity index (χ1) is 7.95. The molecule has 0 radical (unpaired) electrons. The smallest absolute Gasteiger partial charge is 0.211 e. The molecule has 102 valence electrons. The second-order valence-electron chi connectivity index (χ2n) is 4.11. The van der Waals surface area contributed by atoms with Crippen molar-refractivity contribution in [1.82, 2.24) is 4.31 Å². The van der Waals surface area contributed by atoms with Crippen LogP contribution >= 0.6 is 12.0 Å². The summed E-state index contributed by atoms with van der Waals surface area (Å²) in [7, 11) is -1.49. The molecule has 0 heterocycles. The molecule has 0 amide bonds. The third-order valence-electron chi connectivity index (χ3n) is 2.95. The van der Waals surface area contributed by atoms with E-state index in [1.54, 1.807) is 13.3 Å². The Bertz CT molecular complexity index is 313. The van der Waals surface area contributed by atoms with Crippen LogP contribution in [0.2, 0.25) is 0 Å². The zero-order valence-corrected chi connectivity index (χ0v) is 11.9. The Morgan fingerprint density at radius 1 is 1.24 bits per heavy atom. The fourth-order valence-electron chi connectivity index (χ4n) is 1.88. The molecule has 1 aliphatic carbocycles. The maximum absolute atomic E-state index is 11.4. The summed E-state index contributed by atoms with van der Waals surface area (Å²) in [5.74, 6) is 0. The van der Waals surface area contributed by atoms with E-state index in [0.29, 0.717) is 0 Å². The van der Waals surface area contributed by atoms with E-state index >= 15 is 0 Å². The molecule has 0 N–H and O–H groups in total. The Morgan fingerprint density at radius 3 is 2.29 bits per heavy atom. The zero-order chi connectivity index (χ0) is 12.9. The summed E-state index contributed by atoms with van der Waals surface area (Å²) in [5.41, 5.74) is 0. The van der Waals surface area contributed by atoms with Crippen LogP contribution in [0.25, 0.3) is 0 Å². The molecule has 0 atom stereocenters. The summed E-state index contributed by atoms with van der Waals surface area (Å²) in [6, 6.07) is 0.0614. The monoisotopic (exact) mass is 285 g/mol. The van der Waals surface area contributed by atoms with Gasteiger partial charge in [0.2, 0.25) is 10.0 Å². The van der Waals surface area contributed by atoms with Crippen molar-refractivity contribution in [3.63, 3.8) is 0 Å². The number of hydrogen-bond acceptors (Lipinski definition) is 6. The van der Waals surface area contributed by atoms with Gasteiger partial charge in [-0.2, -0.15) is 0 Å². The maximum Gasteiger partial charge on any atom is 0.211 e. The van der Waals surface area contributed by atoms with Gasteiger partial charge in [0.1, 0.15) is 0 Å². The molecule has 1 saturated carbocycles. The van der Waals surface area contributed by atoms with E-state index in [-0.39, 0.29) is 12.1 Å². The van der Waals surface area contributed by atoms with Gasteiger partial charge in [0.25, 0.3) is 0 Å². The summed E-state index contributed by atoms with van der Waals surface area (Å²) in [4.78, 5) is 5.03. The van der Waals surface area contributed by atoms with Crippen LogP contribution in [0.15, 0.2) is 0 Å². The van der Waals surface area contributed by atoms with Crippen LogP contribution < -0.4 is 0 Å². The molecule has 0 saturated heterocycles. The molecular weight excluding hydrogens is 266 g/mol. The van der Waals surface area contributed by atoms with E-state index in [0.717, 1.165) is 37.7 Å². The molecule has 1 fully saturated rings. The van der Waals surface area contributed by atoms with Crippen molar-refractivity contribution in [3.05, 3.63) is 0 Å². The minimum atomic E-state index is -3.11. The molecule has 0 bridgehead atoms. The van der Waals surface area contributed by atoms with Crippen LogP contribution in [0, 0.1) is 0 Å². The van der Waals surface area contributed by atoms with Gasteiger partial charge in [-0.3, -0.25) is 0 Å². The van der Waals surface area contributed by atoms with Gasteiger partial charge in [0.05, 0.1) is 12.4 Å². The molecule has 0 aliphatic heterocycles. The highest BCUT2D eigenvalue weighted by atomic mass is 32.2. The molecule has 0 aromatic carbocycles. The second kappa shape index (κ2) is 6.91. The standard InChI is InChI=1S/C9H19NO5S2/c1-10(17(3,11)12)8-4-6-9(7-5-8)13-14-15-16-2/h8-9H,4-7H2,1-3H3/t8-,9-. The van der Waals surface area contributed by atoms with Crippen LogP contribution in [0.3, 0.4) is 0 Å². The van der Waals surface area contributed by atoms with E-state index in [9.17, 15) is 8.42 Å². The Balaban J connectivity index is 2.31. The van der Waals surface area contributed by atoms with Gasteiger partial charge in [-0.25, -0.2) is 17.6 Å². The average Bonchev–Trinajstić information content (AvgIpc) is 2.28. The molecule has 6 nitrogen and oxygen atoms in total. The highest BCUT2D eigenvalue weighted by molar-refractivity contribution is 7.93. The number of nitrogens with zero attached hydrogens (tertiary/aromatic N) is 1. The topological polar surface area (TPSA) is 65.1 Å². The van der Waals surface area contributed by atoms with E-state index in [2.05, 4.69) is 9.37 Å². The van der Waals surface area contributed by atoms with Crippen molar-refractivity contribution < 1.29 is 22.7 Å². The lowest BCUT2D eigenvalue weighted by molar-refractivity contribution is -0.479. The lowest BCUT2D eigenvalue weighted by Gasteiger charge is -2.32. The van der Waals surface area contributed by atoms with E-state index in [1.807, 2.05) is 0 Å². The van der Waals surface area contributed by atoms with E-state index in [4.69, 9.17) is 4.89 Å². The van der Waals surface area contributed by atoms with Gasteiger partial charge in [-0.15, -0.1) is 4.33 Å². The van der Waals surface area contributed by atoms with Gasteiger partial charge in [-0.1, -0.05) is 5.04 Å². The zero-order valence-electron chi connectivity index (χ0n) is 10.3. The largest absolute Gasteiger partial charge is 0.213 e. The van der Waals surface area contributed by atoms with Crippen molar-refractivity contribution in [2.75, 3.05) is 19.6 Å². The average molecular weight is 285 g/mol. The van der Waals surface area contributed by atoms with Gasteiger partial charge in [0, 0.05) is 31.4 Å². The van der Waals surface area contributed by atoms with Crippen molar-refractivity contribution >= 4 is 22.1 Å². The fraction of sp³-hybridized carbons (Fsp3) is 1.00. The number of hydrogen-bond donors (Lipinski definition) is 0. The lowest BCUT2D eigenvalue weighted by atomic mass is 9.93. The summed E-state index contributed by atoms with van der Waals surface area (Å²) < 4.78 is 28.7. The fourth-order valence-corrected chi connectivity index (χ4v) is 2.72. The van der Waals surface area contributed by atoms with Crippen molar-refractivity contribution in [3.8, 4) is 0 Å². The Kier molecular flexibility index (Phi) is 6.18. The Hall–Kier alpha value is 0.140. The Morgan fingerprint density at radius 2 is 1.82 bits per heavy atom. The molecule has 0 spiro atoms. The first-order valence-electron chi connectivity index (χ1n) is 5.41. The van der Waals surface area contributed by atoms with Gasteiger partial charge in [-0.05, 0) is 25.7 Å². The maximum atomic E-state index is 11.4. The second-order valence-corrected chi connectivity index (χ2v) is 6.62. The van der Waals surface area contributed by atoms with Crippen LogP contribution in [0.4, 0.5) is 0 Å². The van der Waals surface area contributed by atoms with Gasteiger partial charge in [0.15, 0.2) is 0 Å². The molecule has 8 heteroatoms. The minimum Gasteiger partial charge on any atom is -0.213 e. The molecule has 0 unspecified atom stereocenters. The van der Waals surface area contributed by atoms with E-state index < -0.39 is 10.0 Å². The highest BCUT2D eigenvalue weighted by Gasteiger charge is 2.29. The van der Waals surface area contributed by atoms with Crippen LogP contribution in [0.1, 0.15) is 25.7 Å². The minimum absolute atomic E-state index is 0.0219. The van der Waals surface area contributed by atoms with Crippen LogP contribution in [-0.2, 0) is 24.3 Å². The summed E-state index contributed by atoms with van der Waals surface area (Å²) in [5, 5.41) is 4.52. The normalized spacial score (nSPS) is 26.4. The number of rotatable bonds is 6.